The monoisotopic (exact) mass is 395 g/mol. The maximum Gasteiger partial charge on any atom is 0.270 e. The molecule has 0 unspecified atom stereocenters. The number of piperidine rings is 1. The van der Waals surface area contributed by atoms with Crippen molar-refractivity contribution in [1.29, 1.82) is 0 Å². The Kier molecular flexibility index (Phi) is 6.00. The summed E-state index contributed by atoms with van der Waals surface area (Å²) in [6, 6.07) is 11.8. The van der Waals surface area contributed by atoms with Crippen LogP contribution in [-0.2, 0) is 18.2 Å². The van der Waals surface area contributed by atoms with Crippen molar-refractivity contribution in [3.8, 4) is 0 Å². The van der Waals surface area contributed by atoms with E-state index in [2.05, 4.69) is 12.1 Å². The highest BCUT2D eigenvalue weighted by Gasteiger charge is 2.25. The molecule has 29 heavy (non-hydrogen) atoms. The summed E-state index contributed by atoms with van der Waals surface area (Å²) in [6.45, 7) is 4.19. The van der Waals surface area contributed by atoms with Crippen LogP contribution >= 0.6 is 0 Å². The van der Waals surface area contributed by atoms with E-state index in [0.29, 0.717) is 32.2 Å². The minimum atomic E-state index is 0.0901. The van der Waals surface area contributed by atoms with Gasteiger partial charge in [-0.2, -0.15) is 0 Å². The number of hydrogen-bond donors (Lipinski definition) is 0. The van der Waals surface area contributed by atoms with E-state index in [1.165, 1.54) is 5.56 Å². The van der Waals surface area contributed by atoms with Crippen molar-refractivity contribution < 1.29 is 14.3 Å². The number of likely N-dealkylation sites (tertiary alicyclic amines) is 1. The van der Waals surface area contributed by atoms with Crippen molar-refractivity contribution in [2.75, 3.05) is 39.4 Å². The fourth-order valence-electron chi connectivity index (χ4n) is 4.25. The molecule has 0 spiro atoms. The van der Waals surface area contributed by atoms with Crippen molar-refractivity contribution in [2.45, 2.75) is 19.3 Å². The van der Waals surface area contributed by atoms with Gasteiger partial charge in [0.25, 0.3) is 11.8 Å². The van der Waals surface area contributed by atoms with Crippen molar-refractivity contribution in [3.05, 3.63) is 59.4 Å². The van der Waals surface area contributed by atoms with Crippen LogP contribution in [-0.4, -0.2) is 65.6 Å². The maximum atomic E-state index is 12.6. The summed E-state index contributed by atoms with van der Waals surface area (Å²) in [4.78, 5) is 29.0. The lowest BCUT2D eigenvalue weighted by Crippen LogP contribution is -2.40. The molecule has 0 radical (unpaired) electrons. The maximum absolute atomic E-state index is 12.6. The number of morpholine rings is 1. The quantitative estimate of drug-likeness (QED) is 0.800. The van der Waals surface area contributed by atoms with Gasteiger partial charge in [0, 0.05) is 45.0 Å². The molecule has 6 nitrogen and oxygen atoms in total. The van der Waals surface area contributed by atoms with Crippen LogP contribution in [0.2, 0.25) is 0 Å². The molecule has 2 saturated heterocycles. The highest BCUT2D eigenvalue weighted by molar-refractivity contribution is 5.94. The van der Waals surface area contributed by atoms with Crippen LogP contribution < -0.4 is 0 Å². The average Bonchev–Trinajstić information content (AvgIpc) is 3.20. The number of rotatable bonds is 4. The Balaban J connectivity index is 1.29. The Morgan fingerprint density at radius 2 is 1.59 bits per heavy atom. The van der Waals surface area contributed by atoms with Gasteiger partial charge in [0.2, 0.25) is 0 Å². The van der Waals surface area contributed by atoms with E-state index < -0.39 is 0 Å². The first-order chi connectivity index (χ1) is 14.1. The summed E-state index contributed by atoms with van der Waals surface area (Å²) in [5.74, 6) is 0.794. The van der Waals surface area contributed by atoms with Gasteiger partial charge >= 0.3 is 0 Å². The van der Waals surface area contributed by atoms with Crippen LogP contribution in [0.5, 0.6) is 0 Å². The van der Waals surface area contributed by atoms with Crippen LogP contribution in [0.1, 0.15) is 39.3 Å². The second kappa shape index (κ2) is 8.82. The molecule has 2 aromatic rings. The second-order valence-corrected chi connectivity index (χ2v) is 8.05. The first-order valence-electron chi connectivity index (χ1n) is 10.5. The summed E-state index contributed by atoms with van der Waals surface area (Å²) < 4.78 is 7.20. The first-order valence-corrected chi connectivity index (χ1v) is 10.5. The van der Waals surface area contributed by atoms with Crippen molar-refractivity contribution in [2.24, 2.45) is 13.0 Å². The summed E-state index contributed by atoms with van der Waals surface area (Å²) in [5, 5.41) is 0. The zero-order chi connectivity index (χ0) is 20.2. The molecule has 2 fully saturated rings. The highest BCUT2D eigenvalue weighted by atomic mass is 16.5. The van der Waals surface area contributed by atoms with Gasteiger partial charge in [-0.05, 0) is 55.0 Å². The van der Waals surface area contributed by atoms with E-state index in [0.717, 1.165) is 43.6 Å². The topological polar surface area (TPSA) is 54.8 Å². The Hall–Kier alpha value is -2.60. The van der Waals surface area contributed by atoms with Crippen LogP contribution in [0.4, 0.5) is 0 Å². The average molecular weight is 396 g/mol. The van der Waals surface area contributed by atoms with Crippen LogP contribution in [0, 0.1) is 5.92 Å². The number of amides is 2. The molecule has 0 bridgehead atoms. The zero-order valence-electron chi connectivity index (χ0n) is 17.0. The standard InChI is InChI=1S/C23H29N3O3/c1-24-10-2-3-21(24)23(28)25-11-8-19(9-12-25)17-18-4-6-20(7-5-18)22(27)26-13-15-29-16-14-26/h2-7,10,19H,8-9,11-17H2,1H3. The lowest BCUT2D eigenvalue weighted by molar-refractivity contribution is 0.0303. The molecular formula is C23H29N3O3. The predicted molar refractivity (Wildman–Crippen MR) is 111 cm³/mol. The number of aromatic nitrogens is 1. The molecule has 0 N–H and O–H groups in total. The fourth-order valence-corrected chi connectivity index (χ4v) is 4.25. The van der Waals surface area contributed by atoms with E-state index in [1.807, 2.05) is 51.9 Å². The van der Waals surface area contributed by atoms with Crippen molar-refractivity contribution >= 4 is 11.8 Å². The summed E-state index contributed by atoms with van der Waals surface area (Å²) >= 11 is 0. The lowest BCUT2D eigenvalue weighted by Gasteiger charge is -2.32. The molecule has 0 aliphatic carbocycles. The van der Waals surface area contributed by atoms with E-state index in [1.54, 1.807) is 0 Å². The molecular weight excluding hydrogens is 366 g/mol. The Labute approximate surface area is 172 Å². The van der Waals surface area contributed by atoms with E-state index in [-0.39, 0.29) is 11.8 Å². The number of aryl methyl sites for hydroxylation is 1. The molecule has 3 heterocycles. The number of benzene rings is 1. The molecule has 1 aromatic heterocycles. The molecule has 2 aliphatic heterocycles. The molecule has 2 aliphatic rings. The summed E-state index contributed by atoms with van der Waals surface area (Å²) in [6.07, 6.45) is 4.95. The van der Waals surface area contributed by atoms with Gasteiger partial charge in [0.05, 0.1) is 13.2 Å². The van der Waals surface area contributed by atoms with E-state index in [4.69, 9.17) is 4.74 Å². The third-order valence-electron chi connectivity index (χ3n) is 6.09. The molecule has 6 heteroatoms. The van der Waals surface area contributed by atoms with E-state index in [9.17, 15) is 9.59 Å². The predicted octanol–water partition coefficient (Wildman–Crippen LogP) is 2.59. The number of ether oxygens (including phenoxy) is 1. The third kappa shape index (κ3) is 4.53. The molecule has 2 amide bonds. The zero-order valence-corrected chi connectivity index (χ0v) is 17.0. The van der Waals surface area contributed by atoms with Gasteiger partial charge in [0.15, 0.2) is 0 Å². The van der Waals surface area contributed by atoms with Gasteiger partial charge < -0.3 is 19.1 Å². The van der Waals surface area contributed by atoms with Gasteiger partial charge in [-0.3, -0.25) is 9.59 Å². The minimum Gasteiger partial charge on any atom is -0.378 e. The first kappa shape index (κ1) is 19.7. The Bertz CT molecular complexity index is 845. The minimum absolute atomic E-state index is 0.0901. The molecule has 0 atom stereocenters. The van der Waals surface area contributed by atoms with Crippen LogP contribution in [0.3, 0.4) is 0 Å². The van der Waals surface area contributed by atoms with Crippen LogP contribution in [0.25, 0.3) is 0 Å². The van der Waals surface area contributed by atoms with E-state index >= 15 is 0 Å². The second-order valence-electron chi connectivity index (χ2n) is 8.05. The molecule has 4 rings (SSSR count). The van der Waals surface area contributed by atoms with Crippen molar-refractivity contribution in [1.82, 2.24) is 14.4 Å². The fraction of sp³-hybridized carbons (Fsp3) is 0.478. The third-order valence-corrected chi connectivity index (χ3v) is 6.09. The lowest BCUT2D eigenvalue weighted by atomic mass is 9.89. The smallest absolute Gasteiger partial charge is 0.270 e. The van der Waals surface area contributed by atoms with Gasteiger partial charge in [-0.15, -0.1) is 0 Å². The van der Waals surface area contributed by atoms with Gasteiger partial charge in [0.1, 0.15) is 5.69 Å². The number of hydrogen-bond acceptors (Lipinski definition) is 3. The normalized spacial score (nSPS) is 18.1. The highest BCUT2D eigenvalue weighted by Crippen LogP contribution is 2.23. The van der Waals surface area contributed by atoms with Gasteiger partial charge in [-0.25, -0.2) is 0 Å². The number of carbonyl (C=O) groups is 2. The Morgan fingerprint density at radius 1 is 0.931 bits per heavy atom. The number of carbonyl (C=O) groups excluding carboxylic acids is 2. The van der Waals surface area contributed by atoms with Crippen molar-refractivity contribution in [3.63, 3.8) is 0 Å². The SMILES string of the molecule is Cn1cccc1C(=O)N1CCC(Cc2ccc(C(=O)N3CCOCC3)cc2)CC1. The molecule has 154 valence electrons. The summed E-state index contributed by atoms with van der Waals surface area (Å²) in [5.41, 5.74) is 2.76. The molecule has 1 aromatic carbocycles. The van der Waals surface area contributed by atoms with Crippen LogP contribution in [0.15, 0.2) is 42.6 Å². The Morgan fingerprint density at radius 3 is 2.21 bits per heavy atom. The summed E-state index contributed by atoms with van der Waals surface area (Å²) in [7, 11) is 1.91. The number of nitrogens with zero attached hydrogens (tertiary/aromatic N) is 3. The van der Waals surface area contributed by atoms with Gasteiger partial charge in [-0.1, -0.05) is 12.1 Å². The molecule has 0 saturated carbocycles. The largest absolute Gasteiger partial charge is 0.378 e.